The number of piperidine rings is 1. The summed E-state index contributed by atoms with van der Waals surface area (Å²) in [5.74, 6) is -1.10. The van der Waals surface area contributed by atoms with E-state index in [0.29, 0.717) is 13.0 Å². The number of hydrogen-bond donors (Lipinski definition) is 0. The molecule has 1 saturated heterocycles. The molecule has 4 nitrogen and oxygen atoms in total. The SMILES string of the molecule is CC(=O)C[C@@H]1C(=O)CCN(C(C)C)C1=O. The van der Waals surface area contributed by atoms with Crippen molar-refractivity contribution in [2.75, 3.05) is 6.54 Å². The lowest BCUT2D eigenvalue weighted by Gasteiger charge is -2.34. The lowest BCUT2D eigenvalue weighted by Crippen LogP contribution is -2.49. The molecule has 84 valence electrons. The summed E-state index contributed by atoms with van der Waals surface area (Å²) in [5.41, 5.74) is 0. The van der Waals surface area contributed by atoms with Crippen LogP contribution in [0, 0.1) is 5.92 Å². The van der Waals surface area contributed by atoms with E-state index in [2.05, 4.69) is 0 Å². The largest absolute Gasteiger partial charge is 0.339 e. The Morgan fingerprint density at radius 1 is 1.47 bits per heavy atom. The molecule has 0 saturated carbocycles. The van der Waals surface area contributed by atoms with Crippen molar-refractivity contribution < 1.29 is 14.4 Å². The van der Waals surface area contributed by atoms with Crippen LogP contribution < -0.4 is 0 Å². The van der Waals surface area contributed by atoms with Gasteiger partial charge in [-0.1, -0.05) is 0 Å². The van der Waals surface area contributed by atoms with E-state index < -0.39 is 5.92 Å². The summed E-state index contributed by atoms with van der Waals surface area (Å²) in [5, 5.41) is 0. The predicted octanol–water partition coefficient (Wildman–Crippen LogP) is 0.791. The van der Waals surface area contributed by atoms with Crippen molar-refractivity contribution >= 4 is 17.5 Å². The van der Waals surface area contributed by atoms with Crippen LogP contribution in [0.1, 0.15) is 33.6 Å². The highest BCUT2D eigenvalue weighted by Gasteiger charge is 2.36. The zero-order chi connectivity index (χ0) is 11.6. The Hall–Kier alpha value is -1.19. The molecule has 1 atom stereocenters. The van der Waals surface area contributed by atoms with E-state index in [1.165, 1.54) is 6.92 Å². The van der Waals surface area contributed by atoms with E-state index in [1.807, 2.05) is 13.8 Å². The topological polar surface area (TPSA) is 54.5 Å². The molecule has 1 rings (SSSR count). The molecule has 1 fully saturated rings. The molecule has 0 unspecified atom stereocenters. The van der Waals surface area contributed by atoms with Gasteiger partial charge in [0.2, 0.25) is 5.91 Å². The minimum atomic E-state index is -0.723. The first kappa shape index (κ1) is 11.9. The fraction of sp³-hybridized carbons (Fsp3) is 0.727. The van der Waals surface area contributed by atoms with Gasteiger partial charge in [-0.15, -0.1) is 0 Å². The maximum absolute atomic E-state index is 11.9. The van der Waals surface area contributed by atoms with E-state index in [9.17, 15) is 14.4 Å². The molecule has 0 N–H and O–H groups in total. The van der Waals surface area contributed by atoms with Crippen molar-refractivity contribution in [2.24, 2.45) is 5.92 Å². The summed E-state index contributed by atoms with van der Waals surface area (Å²) >= 11 is 0. The second kappa shape index (κ2) is 4.55. The van der Waals surface area contributed by atoms with Gasteiger partial charge in [0, 0.05) is 25.4 Å². The van der Waals surface area contributed by atoms with Gasteiger partial charge in [0.1, 0.15) is 17.5 Å². The van der Waals surface area contributed by atoms with Crippen molar-refractivity contribution in [3.8, 4) is 0 Å². The van der Waals surface area contributed by atoms with E-state index in [1.54, 1.807) is 4.90 Å². The summed E-state index contributed by atoms with van der Waals surface area (Å²) in [4.78, 5) is 36.0. The minimum absolute atomic E-state index is 0.0564. The van der Waals surface area contributed by atoms with Gasteiger partial charge in [0.05, 0.1) is 0 Å². The monoisotopic (exact) mass is 211 g/mol. The van der Waals surface area contributed by atoms with Crippen molar-refractivity contribution in [3.05, 3.63) is 0 Å². The third-order valence-electron chi connectivity index (χ3n) is 2.68. The second-order valence-electron chi connectivity index (χ2n) is 4.30. The average Bonchev–Trinajstić information content (AvgIpc) is 2.11. The number of hydrogen-bond acceptors (Lipinski definition) is 3. The maximum Gasteiger partial charge on any atom is 0.233 e. The molecule has 0 spiro atoms. The molecule has 0 aromatic heterocycles. The number of carbonyl (C=O) groups excluding carboxylic acids is 3. The zero-order valence-corrected chi connectivity index (χ0v) is 9.45. The Balaban J connectivity index is 2.78. The Morgan fingerprint density at radius 2 is 2.07 bits per heavy atom. The maximum atomic E-state index is 11.9. The molecule has 1 aliphatic rings. The number of ketones is 2. The fourth-order valence-electron chi connectivity index (χ4n) is 1.85. The minimum Gasteiger partial charge on any atom is -0.339 e. The third-order valence-corrected chi connectivity index (χ3v) is 2.68. The first-order valence-electron chi connectivity index (χ1n) is 5.26. The van der Waals surface area contributed by atoms with Crippen molar-refractivity contribution in [1.82, 2.24) is 4.90 Å². The van der Waals surface area contributed by atoms with Crippen LogP contribution in [-0.2, 0) is 14.4 Å². The summed E-state index contributed by atoms with van der Waals surface area (Å²) in [6, 6.07) is 0.0973. The Kier molecular flexibility index (Phi) is 3.61. The molecule has 1 amide bonds. The number of amides is 1. The van der Waals surface area contributed by atoms with Crippen LogP contribution in [0.5, 0.6) is 0 Å². The smallest absolute Gasteiger partial charge is 0.233 e. The van der Waals surface area contributed by atoms with E-state index in [4.69, 9.17) is 0 Å². The summed E-state index contributed by atoms with van der Waals surface area (Å²) in [6.07, 6.45) is 0.433. The van der Waals surface area contributed by atoms with Gasteiger partial charge in [-0.05, 0) is 20.8 Å². The van der Waals surface area contributed by atoms with Crippen molar-refractivity contribution in [2.45, 2.75) is 39.7 Å². The molecule has 15 heavy (non-hydrogen) atoms. The van der Waals surface area contributed by atoms with Crippen LogP contribution in [0.4, 0.5) is 0 Å². The Morgan fingerprint density at radius 3 is 2.53 bits per heavy atom. The average molecular weight is 211 g/mol. The summed E-state index contributed by atoms with van der Waals surface area (Å²) in [7, 11) is 0. The number of likely N-dealkylation sites (tertiary alicyclic amines) is 1. The number of rotatable bonds is 3. The van der Waals surface area contributed by atoms with Crippen LogP contribution in [0.3, 0.4) is 0 Å². The number of nitrogens with zero attached hydrogens (tertiary/aromatic N) is 1. The van der Waals surface area contributed by atoms with Crippen LogP contribution in [0.25, 0.3) is 0 Å². The molecule has 0 radical (unpaired) electrons. The zero-order valence-electron chi connectivity index (χ0n) is 9.45. The second-order valence-corrected chi connectivity index (χ2v) is 4.30. The van der Waals surface area contributed by atoms with Crippen LogP contribution in [-0.4, -0.2) is 35.0 Å². The first-order chi connectivity index (χ1) is 6.93. The molecule has 0 aromatic carbocycles. The van der Waals surface area contributed by atoms with E-state index >= 15 is 0 Å². The van der Waals surface area contributed by atoms with Gasteiger partial charge in [-0.25, -0.2) is 0 Å². The summed E-state index contributed by atoms with van der Waals surface area (Å²) < 4.78 is 0. The molecule has 0 aliphatic carbocycles. The molecule has 0 aromatic rings. The third kappa shape index (κ3) is 2.64. The fourth-order valence-corrected chi connectivity index (χ4v) is 1.85. The van der Waals surface area contributed by atoms with Crippen LogP contribution in [0.15, 0.2) is 0 Å². The molecule has 1 aliphatic heterocycles. The normalized spacial score (nSPS) is 22.4. The number of Topliss-reactive ketones (excluding diaryl/α,β-unsaturated/α-hetero) is 2. The lowest BCUT2D eigenvalue weighted by atomic mass is 9.90. The van der Waals surface area contributed by atoms with Gasteiger partial charge < -0.3 is 4.90 Å². The van der Waals surface area contributed by atoms with E-state index in [-0.39, 0.29) is 29.9 Å². The molecule has 4 heteroatoms. The van der Waals surface area contributed by atoms with Gasteiger partial charge in [-0.2, -0.15) is 0 Å². The van der Waals surface area contributed by atoms with Gasteiger partial charge in [0.25, 0.3) is 0 Å². The highest BCUT2D eigenvalue weighted by molar-refractivity contribution is 6.06. The Labute approximate surface area is 89.6 Å². The summed E-state index contributed by atoms with van der Waals surface area (Å²) in [6.45, 7) is 5.73. The number of carbonyl (C=O) groups is 3. The predicted molar refractivity (Wildman–Crippen MR) is 55.3 cm³/mol. The van der Waals surface area contributed by atoms with Crippen LogP contribution in [0.2, 0.25) is 0 Å². The molecule has 0 bridgehead atoms. The first-order valence-corrected chi connectivity index (χ1v) is 5.26. The van der Waals surface area contributed by atoms with Gasteiger partial charge >= 0.3 is 0 Å². The molecule has 1 heterocycles. The molecular formula is C11H17NO3. The Bertz CT molecular complexity index is 296. The highest BCUT2D eigenvalue weighted by Crippen LogP contribution is 2.20. The van der Waals surface area contributed by atoms with Crippen molar-refractivity contribution in [1.29, 1.82) is 0 Å². The molecular weight excluding hydrogens is 194 g/mol. The van der Waals surface area contributed by atoms with Gasteiger partial charge in [0.15, 0.2) is 0 Å². The van der Waals surface area contributed by atoms with Crippen LogP contribution >= 0.6 is 0 Å². The van der Waals surface area contributed by atoms with Gasteiger partial charge in [-0.3, -0.25) is 14.4 Å². The van der Waals surface area contributed by atoms with Crippen molar-refractivity contribution in [3.63, 3.8) is 0 Å². The highest BCUT2D eigenvalue weighted by atomic mass is 16.2. The standard InChI is InChI=1S/C11H17NO3/c1-7(2)12-5-4-10(14)9(11(12)15)6-8(3)13/h7,9H,4-6H2,1-3H3/t9-/m1/s1. The van der Waals surface area contributed by atoms with E-state index in [0.717, 1.165) is 0 Å². The quantitative estimate of drug-likeness (QED) is 0.648. The lowest BCUT2D eigenvalue weighted by molar-refractivity contribution is -0.149.